The van der Waals surface area contributed by atoms with Gasteiger partial charge in [-0.2, -0.15) is 0 Å². The van der Waals surface area contributed by atoms with E-state index < -0.39 is 0 Å². The highest BCUT2D eigenvalue weighted by molar-refractivity contribution is 7.80. The summed E-state index contributed by atoms with van der Waals surface area (Å²) in [7, 11) is 0. The summed E-state index contributed by atoms with van der Waals surface area (Å²) >= 11 is 10.9. The molecule has 0 spiro atoms. The van der Waals surface area contributed by atoms with Crippen molar-refractivity contribution in [3.8, 4) is 0 Å². The first-order valence-corrected chi connectivity index (χ1v) is 11.8. The third-order valence-electron chi connectivity index (χ3n) is 5.25. The molecule has 0 saturated carbocycles. The standard InChI is InChI=1S/C26H27N5S2/c32-25(30-23-13-5-9-19-7-1-3-11-21(19)23)28-17-15-27-16-18-29-26(33)31-24-14-6-10-20-8-2-4-12-22(20)24/h1-14,27H,15-18H2,(H2,28,30,32)(H2,29,31,33). The van der Waals surface area contributed by atoms with Crippen molar-refractivity contribution in [2.75, 3.05) is 36.8 Å². The van der Waals surface area contributed by atoms with E-state index in [1.807, 2.05) is 48.5 Å². The molecular formula is C26H27N5S2. The van der Waals surface area contributed by atoms with Gasteiger partial charge in [-0.1, -0.05) is 72.8 Å². The summed E-state index contributed by atoms with van der Waals surface area (Å²) in [4.78, 5) is 0. The van der Waals surface area contributed by atoms with Gasteiger partial charge in [0.2, 0.25) is 0 Å². The lowest BCUT2D eigenvalue weighted by Crippen LogP contribution is -2.38. The number of fused-ring (bicyclic) bond motifs is 2. The smallest absolute Gasteiger partial charge is 0.170 e. The molecule has 0 atom stereocenters. The Morgan fingerprint density at radius 1 is 0.515 bits per heavy atom. The van der Waals surface area contributed by atoms with Crippen LogP contribution >= 0.6 is 24.4 Å². The average Bonchev–Trinajstić information content (AvgIpc) is 2.84. The van der Waals surface area contributed by atoms with Gasteiger partial charge in [-0.25, -0.2) is 0 Å². The maximum Gasteiger partial charge on any atom is 0.170 e. The van der Waals surface area contributed by atoms with Crippen LogP contribution < -0.4 is 26.6 Å². The van der Waals surface area contributed by atoms with E-state index in [0.29, 0.717) is 10.2 Å². The highest BCUT2D eigenvalue weighted by atomic mass is 32.1. The molecule has 0 heterocycles. The van der Waals surface area contributed by atoms with Gasteiger partial charge in [0, 0.05) is 48.3 Å². The molecule has 0 fully saturated rings. The normalized spacial score (nSPS) is 10.7. The third-order valence-corrected chi connectivity index (χ3v) is 5.74. The van der Waals surface area contributed by atoms with Gasteiger partial charge in [0.05, 0.1) is 0 Å². The molecule has 0 aliphatic carbocycles. The molecule has 0 aliphatic heterocycles. The van der Waals surface area contributed by atoms with E-state index >= 15 is 0 Å². The molecule has 4 rings (SSSR count). The molecule has 5 nitrogen and oxygen atoms in total. The van der Waals surface area contributed by atoms with Crippen LogP contribution in [-0.4, -0.2) is 36.4 Å². The number of hydrogen-bond donors (Lipinski definition) is 5. The highest BCUT2D eigenvalue weighted by Gasteiger charge is 2.03. The van der Waals surface area contributed by atoms with Crippen molar-refractivity contribution >= 4 is 67.6 Å². The first kappa shape index (κ1) is 22.9. The Labute approximate surface area is 205 Å². The van der Waals surface area contributed by atoms with Crippen LogP contribution in [0.3, 0.4) is 0 Å². The van der Waals surface area contributed by atoms with Crippen molar-refractivity contribution in [1.29, 1.82) is 0 Å². The van der Waals surface area contributed by atoms with Crippen LogP contribution in [0.1, 0.15) is 0 Å². The minimum absolute atomic E-state index is 0.617. The summed E-state index contributed by atoms with van der Waals surface area (Å²) in [6.45, 7) is 3.05. The third kappa shape index (κ3) is 6.38. The fraction of sp³-hybridized carbons (Fsp3) is 0.154. The molecule has 0 aliphatic rings. The van der Waals surface area contributed by atoms with Gasteiger partial charge in [-0.05, 0) is 47.3 Å². The molecule has 0 radical (unpaired) electrons. The molecule has 5 N–H and O–H groups in total. The van der Waals surface area contributed by atoms with Crippen molar-refractivity contribution < 1.29 is 0 Å². The van der Waals surface area contributed by atoms with E-state index in [9.17, 15) is 0 Å². The quantitative estimate of drug-likeness (QED) is 0.185. The fourth-order valence-electron chi connectivity index (χ4n) is 3.66. The van der Waals surface area contributed by atoms with Crippen LogP contribution in [0.5, 0.6) is 0 Å². The molecule has 4 aromatic rings. The van der Waals surface area contributed by atoms with Crippen molar-refractivity contribution in [2.24, 2.45) is 0 Å². The van der Waals surface area contributed by atoms with Crippen molar-refractivity contribution in [3.05, 3.63) is 84.9 Å². The Kier molecular flexibility index (Phi) is 8.03. The molecule has 168 valence electrons. The maximum absolute atomic E-state index is 5.44. The van der Waals surface area contributed by atoms with Gasteiger partial charge in [0.15, 0.2) is 10.2 Å². The molecule has 0 unspecified atom stereocenters. The van der Waals surface area contributed by atoms with Crippen LogP contribution in [0.2, 0.25) is 0 Å². The van der Waals surface area contributed by atoms with E-state index in [4.69, 9.17) is 24.4 Å². The first-order chi connectivity index (χ1) is 16.2. The average molecular weight is 474 g/mol. The zero-order valence-corrected chi connectivity index (χ0v) is 19.9. The van der Waals surface area contributed by atoms with Gasteiger partial charge in [-0.15, -0.1) is 0 Å². The minimum Gasteiger partial charge on any atom is -0.361 e. The van der Waals surface area contributed by atoms with E-state index in [2.05, 4.69) is 63.0 Å². The lowest BCUT2D eigenvalue weighted by atomic mass is 10.1. The topological polar surface area (TPSA) is 60.1 Å². The number of benzene rings is 4. The highest BCUT2D eigenvalue weighted by Crippen LogP contribution is 2.23. The Hall–Kier alpha value is -3.26. The molecule has 0 amide bonds. The van der Waals surface area contributed by atoms with Gasteiger partial charge >= 0.3 is 0 Å². The predicted molar refractivity (Wildman–Crippen MR) is 149 cm³/mol. The second-order valence-electron chi connectivity index (χ2n) is 7.57. The molecular weight excluding hydrogens is 446 g/mol. The SMILES string of the molecule is S=C(NCCNCCNC(=S)Nc1cccc2ccccc12)Nc1cccc2ccccc12. The molecule has 33 heavy (non-hydrogen) atoms. The number of anilines is 2. The van der Waals surface area contributed by atoms with Gasteiger partial charge in [0.25, 0.3) is 0 Å². The molecule has 0 saturated heterocycles. The summed E-state index contributed by atoms with van der Waals surface area (Å²) in [6, 6.07) is 28.8. The minimum atomic E-state index is 0.617. The Morgan fingerprint density at radius 3 is 1.42 bits per heavy atom. The van der Waals surface area contributed by atoms with Crippen molar-refractivity contribution in [2.45, 2.75) is 0 Å². The molecule has 4 aromatic carbocycles. The summed E-state index contributed by atoms with van der Waals surface area (Å²) in [5, 5.41) is 22.4. The number of thiocarbonyl (C=S) groups is 2. The predicted octanol–water partition coefficient (Wildman–Crippen LogP) is 4.86. The summed E-state index contributed by atoms with van der Waals surface area (Å²) in [6.07, 6.45) is 0. The second kappa shape index (κ2) is 11.6. The monoisotopic (exact) mass is 473 g/mol. The Morgan fingerprint density at radius 2 is 0.939 bits per heavy atom. The van der Waals surface area contributed by atoms with Crippen molar-refractivity contribution in [1.82, 2.24) is 16.0 Å². The lowest BCUT2D eigenvalue weighted by Gasteiger charge is -2.14. The maximum atomic E-state index is 5.44. The van der Waals surface area contributed by atoms with Gasteiger partial charge in [-0.3, -0.25) is 0 Å². The zero-order chi connectivity index (χ0) is 22.9. The number of rotatable bonds is 8. The van der Waals surface area contributed by atoms with E-state index in [0.717, 1.165) is 48.3 Å². The molecule has 0 aromatic heterocycles. The second-order valence-corrected chi connectivity index (χ2v) is 8.38. The largest absolute Gasteiger partial charge is 0.361 e. The first-order valence-electron chi connectivity index (χ1n) is 11.0. The Balaban J connectivity index is 1.12. The van der Waals surface area contributed by atoms with Crippen LogP contribution in [0.15, 0.2) is 84.9 Å². The van der Waals surface area contributed by atoms with Crippen molar-refractivity contribution in [3.63, 3.8) is 0 Å². The molecule has 0 bridgehead atoms. The Bertz CT molecular complexity index is 1150. The van der Waals surface area contributed by atoms with E-state index in [1.165, 1.54) is 10.8 Å². The van der Waals surface area contributed by atoms with Crippen LogP contribution in [-0.2, 0) is 0 Å². The van der Waals surface area contributed by atoms with Crippen LogP contribution in [0, 0.1) is 0 Å². The summed E-state index contributed by atoms with van der Waals surface area (Å²) < 4.78 is 0. The van der Waals surface area contributed by atoms with E-state index in [1.54, 1.807) is 0 Å². The number of nitrogens with one attached hydrogen (secondary N) is 5. The van der Waals surface area contributed by atoms with Crippen LogP contribution in [0.25, 0.3) is 21.5 Å². The van der Waals surface area contributed by atoms with Crippen LogP contribution in [0.4, 0.5) is 11.4 Å². The van der Waals surface area contributed by atoms with Gasteiger partial charge < -0.3 is 26.6 Å². The summed E-state index contributed by atoms with van der Waals surface area (Å²) in [5.74, 6) is 0. The molecule has 7 heteroatoms. The van der Waals surface area contributed by atoms with Gasteiger partial charge in [0.1, 0.15) is 0 Å². The summed E-state index contributed by atoms with van der Waals surface area (Å²) in [5.41, 5.74) is 2.02. The van der Waals surface area contributed by atoms with E-state index in [-0.39, 0.29) is 0 Å². The fourth-order valence-corrected chi connectivity index (χ4v) is 4.08. The lowest BCUT2D eigenvalue weighted by molar-refractivity contribution is 0.660. The number of hydrogen-bond acceptors (Lipinski definition) is 3. The zero-order valence-electron chi connectivity index (χ0n) is 18.2.